The summed E-state index contributed by atoms with van der Waals surface area (Å²) in [7, 11) is 0. The standard InChI is InChI=1S/C20H32O2/c1-5-18(2)10-11-19(3)14(12-18)6-7-16-15(19)8-9-17(22)20(16,4)13-21/h5,8,14,16-17,21-22H,1,6-7,9-13H2,2-4H3/t14-,16-,17+,18-,19-,20+/m1/s1. The smallest absolute Gasteiger partial charge is 0.0655 e. The first-order valence-corrected chi connectivity index (χ1v) is 8.92. The van der Waals surface area contributed by atoms with E-state index in [1.807, 2.05) is 0 Å². The fourth-order valence-electron chi connectivity index (χ4n) is 5.56. The van der Waals surface area contributed by atoms with Gasteiger partial charge in [-0.25, -0.2) is 0 Å². The lowest BCUT2D eigenvalue weighted by Crippen LogP contribution is -2.53. The molecule has 2 N–H and O–H groups in total. The van der Waals surface area contributed by atoms with Crippen molar-refractivity contribution >= 4 is 0 Å². The van der Waals surface area contributed by atoms with Crippen LogP contribution in [0, 0.1) is 28.1 Å². The summed E-state index contributed by atoms with van der Waals surface area (Å²) in [6.07, 6.45) is 10.7. The van der Waals surface area contributed by atoms with Gasteiger partial charge in [0.2, 0.25) is 0 Å². The Morgan fingerprint density at radius 1 is 1.27 bits per heavy atom. The molecule has 22 heavy (non-hydrogen) atoms. The minimum Gasteiger partial charge on any atom is -0.396 e. The third-order valence-corrected chi connectivity index (χ3v) is 7.62. The first kappa shape index (κ1) is 16.3. The van der Waals surface area contributed by atoms with Crippen molar-refractivity contribution in [1.29, 1.82) is 0 Å². The normalized spacial score (nSPS) is 51.5. The van der Waals surface area contributed by atoms with E-state index in [-0.39, 0.29) is 22.9 Å². The second-order valence-corrected chi connectivity index (χ2v) is 8.88. The van der Waals surface area contributed by atoms with Crippen LogP contribution in [0.2, 0.25) is 0 Å². The summed E-state index contributed by atoms with van der Waals surface area (Å²) in [5, 5.41) is 20.4. The number of aliphatic hydroxyl groups excluding tert-OH is 2. The molecule has 3 rings (SSSR count). The Morgan fingerprint density at radius 3 is 2.64 bits per heavy atom. The van der Waals surface area contributed by atoms with E-state index in [4.69, 9.17) is 0 Å². The van der Waals surface area contributed by atoms with Gasteiger partial charge in [-0.1, -0.05) is 38.5 Å². The van der Waals surface area contributed by atoms with Crippen molar-refractivity contribution in [2.45, 2.75) is 65.4 Å². The van der Waals surface area contributed by atoms with Crippen LogP contribution in [0.1, 0.15) is 59.3 Å². The molecule has 0 aromatic heterocycles. The van der Waals surface area contributed by atoms with Gasteiger partial charge in [-0.05, 0) is 61.2 Å². The average Bonchev–Trinajstić information content (AvgIpc) is 2.51. The summed E-state index contributed by atoms with van der Waals surface area (Å²) in [4.78, 5) is 0. The highest BCUT2D eigenvalue weighted by Crippen LogP contribution is 2.63. The molecule has 0 unspecified atom stereocenters. The first-order chi connectivity index (χ1) is 10.3. The molecule has 0 aromatic rings. The van der Waals surface area contributed by atoms with Crippen LogP contribution >= 0.6 is 0 Å². The van der Waals surface area contributed by atoms with Gasteiger partial charge in [-0.2, -0.15) is 0 Å². The van der Waals surface area contributed by atoms with Gasteiger partial charge in [-0.15, -0.1) is 6.58 Å². The molecule has 3 aliphatic rings. The highest BCUT2D eigenvalue weighted by molar-refractivity contribution is 5.29. The maximum absolute atomic E-state index is 10.5. The van der Waals surface area contributed by atoms with Gasteiger partial charge in [0.1, 0.15) is 0 Å². The third-order valence-electron chi connectivity index (χ3n) is 7.62. The zero-order valence-corrected chi connectivity index (χ0v) is 14.4. The van der Waals surface area contributed by atoms with Crippen molar-refractivity contribution in [3.63, 3.8) is 0 Å². The van der Waals surface area contributed by atoms with Crippen molar-refractivity contribution in [2.24, 2.45) is 28.1 Å². The maximum atomic E-state index is 10.5. The van der Waals surface area contributed by atoms with Crippen molar-refractivity contribution < 1.29 is 10.2 Å². The molecule has 0 amide bonds. The molecule has 2 saturated carbocycles. The number of aliphatic hydroxyl groups is 2. The fourth-order valence-corrected chi connectivity index (χ4v) is 5.56. The maximum Gasteiger partial charge on any atom is 0.0655 e. The van der Waals surface area contributed by atoms with Gasteiger partial charge in [0.05, 0.1) is 12.7 Å². The van der Waals surface area contributed by atoms with E-state index in [0.717, 1.165) is 6.42 Å². The van der Waals surface area contributed by atoms with Gasteiger partial charge < -0.3 is 10.2 Å². The summed E-state index contributed by atoms with van der Waals surface area (Å²) in [6.45, 7) is 11.0. The monoisotopic (exact) mass is 304 g/mol. The van der Waals surface area contributed by atoms with Crippen molar-refractivity contribution in [3.8, 4) is 0 Å². The highest BCUT2D eigenvalue weighted by atomic mass is 16.3. The van der Waals surface area contributed by atoms with Crippen LogP contribution in [0.5, 0.6) is 0 Å². The quantitative estimate of drug-likeness (QED) is 0.755. The van der Waals surface area contributed by atoms with E-state index < -0.39 is 6.10 Å². The Balaban J connectivity index is 1.95. The van der Waals surface area contributed by atoms with Crippen molar-refractivity contribution in [1.82, 2.24) is 0 Å². The average molecular weight is 304 g/mol. The van der Waals surface area contributed by atoms with Crippen LogP contribution < -0.4 is 0 Å². The van der Waals surface area contributed by atoms with Gasteiger partial charge in [-0.3, -0.25) is 0 Å². The molecule has 0 radical (unpaired) electrons. The minimum atomic E-state index is -0.409. The molecule has 0 saturated heterocycles. The van der Waals surface area contributed by atoms with Crippen LogP contribution in [0.4, 0.5) is 0 Å². The van der Waals surface area contributed by atoms with Crippen LogP contribution in [0.3, 0.4) is 0 Å². The van der Waals surface area contributed by atoms with Crippen LogP contribution in [-0.4, -0.2) is 22.9 Å². The van der Waals surface area contributed by atoms with Gasteiger partial charge in [0.25, 0.3) is 0 Å². The van der Waals surface area contributed by atoms with E-state index in [2.05, 4.69) is 39.5 Å². The topological polar surface area (TPSA) is 40.5 Å². The molecular formula is C20H32O2. The van der Waals surface area contributed by atoms with Crippen molar-refractivity contribution in [3.05, 3.63) is 24.3 Å². The number of fused-ring (bicyclic) bond motifs is 3. The molecule has 0 spiro atoms. The Labute approximate surface area is 135 Å². The van der Waals surface area contributed by atoms with E-state index >= 15 is 0 Å². The molecule has 2 nitrogen and oxygen atoms in total. The van der Waals surface area contributed by atoms with E-state index in [1.165, 1.54) is 31.3 Å². The summed E-state index contributed by atoms with van der Waals surface area (Å²) in [5.41, 5.74) is 1.71. The molecule has 0 bridgehead atoms. The summed E-state index contributed by atoms with van der Waals surface area (Å²) < 4.78 is 0. The lowest BCUT2D eigenvalue weighted by Gasteiger charge is -2.59. The number of hydrogen-bond donors (Lipinski definition) is 2. The minimum absolute atomic E-state index is 0.0846. The second-order valence-electron chi connectivity index (χ2n) is 8.88. The SMILES string of the molecule is C=C[C@]1(C)CC[C@@]2(C)C3=CC[C@H](O)[C@@](C)(CO)[C@@H]3CC[C@@H]2C1. The fraction of sp³-hybridized carbons (Fsp3) is 0.800. The van der Waals surface area contributed by atoms with E-state index in [1.54, 1.807) is 0 Å². The van der Waals surface area contributed by atoms with Gasteiger partial charge >= 0.3 is 0 Å². The molecular weight excluding hydrogens is 272 g/mol. The molecule has 3 aliphatic carbocycles. The van der Waals surface area contributed by atoms with Gasteiger partial charge in [0.15, 0.2) is 0 Å². The molecule has 6 atom stereocenters. The first-order valence-electron chi connectivity index (χ1n) is 8.92. The molecule has 2 heteroatoms. The molecule has 124 valence electrons. The predicted molar refractivity (Wildman–Crippen MR) is 90.4 cm³/mol. The van der Waals surface area contributed by atoms with Crippen LogP contribution in [-0.2, 0) is 0 Å². The molecule has 0 aromatic carbocycles. The Morgan fingerprint density at radius 2 is 2.00 bits per heavy atom. The van der Waals surface area contributed by atoms with Gasteiger partial charge in [0, 0.05) is 5.41 Å². The Hall–Kier alpha value is -0.600. The highest BCUT2D eigenvalue weighted by Gasteiger charge is 2.55. The molecule has 2 fully saturated rings. The number of rotatable bonds is 2. The predicted octanol–water partition coefficient (Wildman–Crippen LogP) is 4.08. The zero-order chi connectivity index (χ0) is 16.2. The largest absolute Gasteiger partial charge is 0.396 e. The summed E-state index contributed by atoms with van der Waals surface area (Å²) in [6, 6.07) is 0. The second kappa shape index (κ2) is 5.21. The van der Waals surface area contributed by atoms with Crippen LogP contribution in [0.25, 0.3) is 0 Å². The summed E-state index contributed by atoms with van der Waals surface area (Å²) in [5.74, 6) is 1.06. The molecule has 0 heterocycles. The summed E-state index contributed by atoms with van der Waals surface area (Å²) >= 11 is 0. The Bertz CT molecular complexity index is 496. The van der Waals surface area contributed by atoms with Crippen LogP contribution in [0.15, 0.2) is 24.3 Å². The third kappa shape index (κ3) is 2.14. The number of allylic oxidation sites excluding steroid dienone is 2. The van der Waals surface area contributed by atoms with E-state index in [0.29, 0.717) is 18.3 Å². The zero-order valence-electron chi connectivity index (χ0n) is 14.4. The molecule has 0 aliphatic heterocycles. The Kier molecular flexibility index (Phi) is 3.85. The lowest BCUT2D eigenvalue weighted by atomic mass is 9.46. The van der Waals surface area contributed by atoms with E-state index in [9.17, 15) is 10.2 Å². The number of hydrogen-bond acceptors (Lipinski definition) is 2. The lowest BCUT2D eigenvalue weighted by molar-refractivity contribution is -0.0741. The van der Waals surface area contributed by atoms with Crippen molar-refractivity contribution in [2.75, 3.05) is 6.61 Å².